The minimum Gasteiger partial charge on any atom is -0.478 e. The number of aliphatic hydroxyl groups is 2. The van der Waals surface area contributed by atoms with Crippen LogP contribution >= 0.6 is 0 Å². The lowest BCUT2D eigenvalue weighted by Gasteiger charge is -2.08. The van der Waals surface area contributed by atoms with Crippen molar-refractivity contribution >= 4 is 5.97 Å². The molecule has 12 heavy (non-hydrogen) atoms. The molecule has 0 heterocycles. The number of carboxylic acid groups (broad SMARTS) is 1. The molecule has 0 spiro atoms. The van der Waals surface area contributed by atoms with Gasteiger partial charge in [-0.15, -0.1) is 0 Å². The standard InChI is InChI=1S/C8H14O4/c1-6(9)5-7(10)3-2-4-8(11)12/h2,4,6-7,9-10H,3,5H2,1H3,(H,11,12)/b4-2+/t6-,7+/m0/s1. The molecule has 0 aliphatic heterocycles. The first-order valence-electron chi connectivity index (χ1n) is 3.78. The van der Waals surface area contributed by atoms with Gasteiger partial charge in [-0.25, -0.2) is 4.79 Å². The zero-order chi connectivity index (χ0) is 9.56. The fourth-order valence-electron chi connectivity index (χ4n) is 0.816. The van der Waals surface area contributed by atoms with Gasteiger partial charge in [0.25, 0.3) is 0 Å². The molecule has 4 heteroatoms. The van der Waals surface area contributed by atoms with Crippen LogP contribution in [0.1, 0.15) is 19.8 Å². The van der Waals surface area contributed by atoms with Crippen molar-refractivity contribution in [3.63, 3.8) is 0 Å². The minimum atomic E-state index is -1.03. The molecule has 0 unspecified atom stereocenters. The number of hydrogen-bond acceptors (Lipinski definition) is 3. The maximum Gasteiger partial charge on any atom is 0.327 e. The summed E-state index contributed by atoms with van der Waals surface area (Å²) in [7, 11) is 0. The third-order valence-electron chi connectivity index (χ3n) is 1.28. The van der Waals surface area contributed by atoms with Crippen molar-refractivity contribution in [1.29, 1.82) is 0 Å². The van der Waals surface area contributed by atoms with Gasteiger partial charge in [-0.05, 0) is 19.8 Å². The van der Waals surface area contributed by atoms with Crippen LogP contribution in [-0.2, 0) is 4.79 Å². The zero-order valence-electron chi connectivity index (χ0n) is 6.97. The summed E-state index contributed by atoms with van der Waals surface area (Å²) in [6, 6.07) is 0. The molecular formula is C8H14O4. The highest BCUT2D eigenvalue weighted by molar-refractivity contribution is 5.79. The summed E-state index contributed by atoms with van der Waals surface area (Å²) in [6.45, 7) is 1.57. The fraction of sp³-hybridized carbons (Fsp3) is 0.625. The van der Waals surface area contributed by atoms with Crippen molar-refractivity contribution in [2.24, 2.45) is 0 Å². The Bertz CT molecular complexity index is 162. The number of hydrogen-bond donors (Lipinski definition) is 3. The molecule has 0 aliphatic carbocycles. The summed E-state index contributed by atoms with van der Waals surface area (Å²) < 4.78 is 0. The van der Waals surface area contributed by atoms with E-state index in [0.29, 0.717) is 0 Å². The summed E-state index contributed by atoms with van der Waals surface area (Å²) >= 11 is 0. The molecule has 3 N–H and O–H groups in total. The van der Waals surface area contributed by atoms with E-state index in [2.05, 4.69) is 0 Å². The van der Waals surface area contributed by atoms with E-state index in [0.717, 1.165) is 6.08 Å². The van der Waals surface area contributed by atoms with Crippen LogP contribution in [0.15, 0.2) is 12.2 Å². The SMILES string of the molecule is C[C@H](O)C[C@H](O)C/C=C/C(=O)O. The Kier molecular flexibility index (Phi) is 5.32. The second kappa shape index (κ2) is 5.74. The molecule has 0 rings (SSSR count). The van der Waals surface area contributed by atoms with Crippen molar-refractivity contribution in [2.45, 2.75) is 32.0 Å². The Hall–Kier alpha value is -0.870. The van der Waals surface area contributed by atoms with Crippen LogP contribution < -0.4 is 0 Å². The van der Waals surface area contributed by atoms with Crippen molar-refractivity contribution in [1.82, 2.24) is 0 Å². The van der Waals surface area contributed by atoms with Crippen molar-refractivity contribution in [2.75, 3.05) is 0 Å². The molecule has 0 radical (unpaired) electrons. The number of rotatable bonds is 5. The smallest absolute Gasteiger partial charge is 0.327 e. The molecule has 0 fully saturated rings. The Morgan fingerprint density at radius 1 is 1.50 bits per heavy atom. The van der Waals surface area contributed by atoms with E-state index in [1.165, 1.54) is 6.08 Å². The number of aliphatic carboxylic acids is 1. The normalized spacial score (nSPS) is 16.2. The Balaban J connectivity index is 3.56. The first-order valence-corrected chi connectivity index (χ1v) is 3.78. The van der Waals surface area contributed by atoms with Crippen molar-refractivity contribution in [3.8, 4) is 0 Å². The summed E-state index contributed by atoms with van der Waals surface area (Å²) in [5, 5.41) is 26.1. The first kappa shape index (κ1) is 11.1. The van der Waals surface area contributed by atoms with Gasteiger partial charge >= 0.3 is 5.97 Å². The van der Waals surface area contributed by atoms with Crippen LogP contribution in [0.4, 0.5) is 0 Å². The summed E-state index contributed by atoms with van der Waals surface area (Å²) in [4.78, 5) is 9.99. The minimum absolute atomic E-state index is 0.261. The van der Waals surface area contributed by atoms with Crippen LogP contribution in [0.5, 0.6) is 0 Å². The number of carboxylic acids is 1. The van der Waals surface area contributed by atoms with Crippen molar-refractivity contribution in [3.05, 3.63) is 12.2 Å². The average molecular weight is 174 g/mol. The highest BCUT2D eigenvalue weighted by Gasteiger charge is 2.05. The third-order valence-corrected chi connectivity index (χ3v) is 1.28. The molecule has 0 aliphatic rings. The molecule has 0 saturated carbocycles. The largest absolute Gasteiger partial charge is 0.478 e. The lowest BCUT2D eigenvalue weighted by molar-refractivity contribution is -0.131. The molecular weight excluding hydrogens is 160 g/mol. The average Bonchev–Trinajstić information content (AvgIpc) is 1.84. The third kappa shape index (κ3) is 7.24. The maximum atomic E-state index is 9.99. The molecule has 0 saturated heterocycles. The quantitative estimate of drug-likeness (QED) is 0.518. The van der Waals surface area contributed by atoms with E-state index in [1.54, 1.807) is 6.92 Å². The van der Waals surface area contributed by atoms with E-state index in [1.807, 2.05) is 0 Å². The fourth-order valence-corrected chi connectivity index (χ4v) is 0.816. The molecule has 4 nitrogen and oxygen atoms in total. The molecule has 2 atom stereocenters. The van der Waals surface area contributed by atoms with Crippen LogP contribution in [0.25, 0.3) is 0 Å². The van der Waals surface area contributed by atoms with Gasteiger partial charge in [0.15, 0.2) is 0 Å². The maximum absolute atomic E-state index is 9.99. The molecule has 0 amide bonds. The Morgan fingerprint density at radius 3 is 2.50 bits per heavy atom. The predicted molar refractivity (Wildman–Crippen MR) is 43.7 cm³/mol. The monoisotopic (exact) mass is 174 g/mol. The highest BCUT2D eigenvalue weighted by Crippen LogP contribution is 2.02. The van der Waals surface area contributed by atoms with Gasteiger partial charge in [0, 0.05) is 6.08 Å². The highest BCUT2D eigenvalue weighted by atomic mass is 16.4. The van der Waals surface area contributed by atoms with Crippen molar-refractivity contribution < 1.29 is 20.1 Å². The lowest BCUT2D eigenvalue weighted by atomic mass is 10.1. The molecule has 0 bridgehead atoms. The Labute approximate surface area is 71.1 Å². The van der Waals surface area contributed by atoms with E-state index in [9.17, 15) is 4.79 Å². The molecule has 0 aromatic carbocycles. The molecule has 0 aromatic rings. The molecule has 0 aromatic heterocycles. The van der Waals surface area contributed by atoms with Gasteiger partial charge in [0.2, 0.25) is 0 Å². The summed E-state index contributed by atoms with van der Waals surface area (Å²) in [5.41, 5.74) is 0. The van der Waals surface area contributed by atoms with Crippen LogP contribution in [-0.4, -0.2) is 33.5 Å². The van der Waals surface area contributed by atoms with Crippen LogP contribution in [0.2, 0.25) is 0 Å². The molecule has 70 valence electrons. The van der Waals surface area contributed by atoms with Gasteiger partial charge in [-0.2, -0.15) is 0 Å². The van der Waals surface area contributed by atoms with Crippen LogP contribution in [0, 0.1) is 0 Å². The first-order chi connectivity index (χ1) is 5.52. The van der Waals surface area contributed by atoms with E-state index < -0.39 is 18.2 Å². The predicted octanol–water partition coefficient (Wildman–Crippen LogP) is 0.149. The van der Waals surface area contributed by atoms with E-state index in [-0.39, 0.29) is 12.8 Å². The number of carbonyl (C=O) groups is 1. The lowest BCUT2D eigenvalue weighted by Crippen LogP contribution is -2.13. The summed E-state index contributed by atoms with van der Waals surface area (Å²) in [6.07, 6.45) is 1.65. The zero-order valence-corrected chi connectivity index (χ0v) is 6.97. The topological polar surface area (TPSA) is 77.8 Å². The summed E-state index contributed by atoms with van der Waals surface area (Å²) in [5.74, 6) is -1.03. The van der Waals surface area contributed by atoms with Gasteiger partial charge in [0.1, 0.15) is 0 Å². The van der Waals surface area contributed by atoms with E-state index in [4.69, 9.17) is 15.3 Å². The second-order valence-corrected chi connectivity index (χ2v) is 2.71. The number of aliphatic hydroxyl groups excluding tert-OH is 2. The van der Waals surface area contributed by atoms with E-state index >= 15 is 0 Å². The van der Waals surface area contributed by atoms with Gasteiger partial charge in [-0.1, -0.05) is 6.08 Å². The van der Waals surface area contributed by atoms with Crippen LogP contribution in [0.3, 0.4) is 0 Å². The second-order valence-electron chi connectivity index (χ2n) is 2.71. The Morgan fingerprint density at radius 2 is 2.08 bits per heavy atom. The van der Waals surface area contributed by atoms with Gasteiger partial charge < -0.3 is 15.3 Å². The van der Waals surface area contributed by atoms with Gasteiger partial charge in [0.05, 0.1) is 12.2 Å². The van der Waals surface area contributed by atoms with Gasteiger partial charge in [-0.3, -0.25) is 0 Å².